The van der Waals surface area contributed by atoms with Crippen LogP contribution in [0.2, 0.25) is 0 Å². The summed E-state index contributed by atoms with van der Waals surface area (Å²) in [6.45, 7) is 12.2. The summed E-state index contributed by atoms with van der Waals surface area (Å²) < 4.78 is 3.88. The number of carbonyl (C=O) groups excluding carboxylic acids is 1. The second-order valence-electron chi connectivity index (χ2n) is 6.50. The van der Waals surface area contributed by atoms with E-state index in [2.05, 4.69) is 0 Å². The third-order valence-electron chi connectivity index (χ3n) is 2.82. The number of hydrogen-bond donors (Lipinski definition) is 0. The molecular weight excluding hydrogens is 230 g/mol. The third-order valence-corrected chi connectivity index (χ3v) is 2.82. The van der Waals surface area contributed by atoms with Crippen LogP contribution in [-0.4, -0.2) is 17.7 Å². The van der Waals surface area contributed by atoms with E-state index in [0.717, 1.165) is 4.90 Å². The van der Waals surface area contributed by atoms with Crippen molar-refractivity contribution < 1.29 is 14.5 Å². The Labute approximate surface area is 109 Å². The molecule has 0 spiro atoms. The summed E-state index contributed by atoms with van der Waals surface area (Å²) in [5.74, 6) is 0.606. The Morgan fingerprint density at radius 1 is 1.28 bits per heavy atom. The molecule has 0 radical (unpaired) electrons. The molecule has 0 N–H and O–H groups in total. The van der Waals surface area contributed by atoms with E-state index in [-0.39, 0.29) is 11.1 Å². The molecule has 1 aromatic rings. The van der Waals surface area contributed by atoms with E-state index in [0.29, 0.717) is 5.95 Å². The van der Waals surface area contributed by atoms with Crippen LogP contribution in [0.3, 0.4) is 0 Å². The lowest BCUT2D eigenvalue weighted by molar-refractivity contribution is -0.741. The van der Waals surface area contributed by atoms with Crippen molar-refractivity contribution in [3.05, 3.63) is 12.4 Å². The van der Waals surface area contributed by atoms with Gasteiger partial charge in [-0.1, -0.05) is 0 Å². The zero-order valence-electron chi connectivity index (χ0n) is 12.3. The predicted octanol–water partition coefficient (Wildman–Crippen LogP) is 1.07. The van der Waals surface area contributed by atoms with Gasteiger partial charge in [0.2, 0.25) is 6.09 Å². The van der Waals surface area contributed by atoms with Gasteiger partial charge in [-0.25, -0.2) is 14.0 Å². The molecule has 5 heteroatoms. The third kappa shape index (κ3) is 2.66. The maximum atomic E-state index is 11.1. The van der Waals surface area contributed by atoms with Crippen molar-refractivity contribution in [3.63, 3.8) is 0 Å². The number of hydrogen-bond acceptors (Lipinski definition) is 2. The van der Waals surface area contributed by atoms with Crippen LogP contribution in [0, 0.1) is 0 Å². The molecule has 0 aliphatic rings. The minimum atomic E-state index is -1.21. The smallest absolute Gasteiger partial charge is 0.366 e. The molecule has 1 heterocycles. The Morgan fingerprint density at radius 2 is 1.78 bits per heavy atom. The number of anilines is 1. The molecule has 18 heavy (non-hydrogen) atoms. The van der Waals surface area contributed by atoms with Gasteiger partial charge in [-0.2, -0.15) is 0 Å². The fourth-order valence-corrected chi connectivity index (χ4v) is 1.83. The summed E-state index contributed by atoms with van der Waals surface area (Å²) in [7, 11) is 1.51. The van der Waals surface area contributed by atoms with Gasteiger partial charge >= 0.3 is 5.95 Å². The largest absolute Gasteiger partial charge is 0.517 e. The first kappa shape index (κ1) is 14.5. The van der Waals surface area contributed by atoms with Crippen molar-refractivity contribution in [1.29, 1.82) is 0 Å². The molecule has 1 amide bonds. The lowest BCUT2D eigenvalue weighted by Crippen LogP contribution is -2.55. The average molecular weight is 253 g/mol. The van der Waals surface area contributed by atoms with E-state index >= 15 is 0 Å². The Morgan fingerprint density at radius 3 is 2.11 bits per heavy atom. The van der Waals surface area contributed by atoms with Gasteiger partial charge in [-0.05, 0) is 41.5 Å². The summed E-state index contributed by atoms with van der Waals surface area (Å²) >= 11 is 0. The molecule has 1 aromatic heterocycles. The maximum Gasteiger partial charge on any atom is 0.366 e. The predicted molar refractivity (Wildman–Crippen MR) is 68.4 cm³/mol. The van der Waals surface area contributed by atoms with E-state index in [4.69, 9.17) is 0 Å². The molecule has 0 saturated carbocycles. The molecule has 5 nitrogen and oxygen atoms in total. The highest BCUT2D eigenvalue weighted by atomic mass is 16.4. The highest BCUT2D eigenvalue weighted by Gasteiger charge is 2.33. The van der Waals surface area contributed by atoms with E-state index in [1.165, 1.54) is 7.05 Å². The van der Waals surface area contributed by atoms with Gasteiger partial charge in [0.05, 0.1) is 30.5 Å². The van der Waals surface area contributed by atoms with E-state index < -0.39 is 6.09 Å². The van der Waals surface area contributed by atoms with Crippen molar-refractivity contribution in [2.75, 3.05) is 11.9 Å². The summed E-state index contributed by atoms with van der Waals surface area (Å²) in [6, 6.07) is 0. The van der Waals surface area contributed by atoms with Gasteiger partial charge in [0.15, 0.2) is 0 Å². The number of carbonyl (C=O) groups is 1. The van der Waals surface area contributed by atoms with Gasteiger partial charge in [-0.3, -0.25) is 0 Å². The van der Waals surface area contributed by atoms with Crippen LogP contribution in [0.1, 0.15) is 41.5 Å². The lowest BCUT2D eigenvalue weighted by atomic mass is 10.1. The van der Waals surface area contributed by atoms with Crippen LogP contribution in [0.5, 0.6) is 0 Å². The first-order chi connectivity index (χ1) is 7.96. The van der Waals surface area contributed by atoms with Gasteiger partial charge in [-0.15, -0.1) is 0 Å². The van der Waals surface area contributed by atoms with Crippen molar-refractivity contribution in [2.45, 2.75) is 52.6 Å². The molecule has 0 aliphatic carbocycles. The highest BCUT2D eigenvalue weighted by Crippen LogP contribution is 2.23. The zero-order chi connectivity index (χ0) is 14.3. The maximum absolute atomic E-state index is 11.1. The van der Waals surface area contributed by atoms with Crippen LogP contribution in [-0.2, 0) is 11.1 Å². The standard InChI is InChI=1S/C13H23N3O2/c1-12(2,3)15-8-9-16(13(4,5)6)10(15)14(7)11(17)18/h8-9H,1-7H3. The molecule has 0 aliphatic heterocycles. The van der Waals surface area contributed by atoms with Gasteiger partial charge < -0.3 is 9.90 Å². The molecule has 0 bridgehead atoms. The number of carboxylic acid groups (broad SMARTS) is 1. The van der Waals surface area contributed by atoms with E-state index in [1.54, 1.807) is 0 Å². The number of nitrogens with zero attached hydrogens (tertiary/aromatic N) is 3. The van der Waals surface area contributed by atoms with Gasteiger partial charge in [0.25, 0.3) is 0 Å². The molecule has 102 valence electrons. The SMILES string of the molecule is CN(C(=O)[O-])c1n(C(C)(C)C)cc[n+]1C(C)(C)C. The summed E-state index contributed by atoms with van der Waals surface area (Å²) in [5.41, 5.74) is -0.398. The number of rotatable bonds is 1. The molecule has 1 rings (SSSR count). The Balaban J connectivity index is 3.50. The van der Waals surface area contributed by atoms with Gasteiger partial charge in [0, 0.05) is 0 Å². The molecule has 0 aromatic carbocycles. The lowest BCUT2D eigenvalue weighted by Gasteiger charge is -2.26. The van der Waals surface area contributed by atoms with Crippen molar-refractivity contribution in [1.82, 2.24) is 4.57 Å². The minimum absolute atomic E-state index is 0.199. The van der Waals surface area contributed by atoms with Gasteiger partial charge in [0.1, 0.15) is 0 Å². The number of imidazole rings is 1. The second kappa shape index (κ2) is 4.30. The normalized spacial score (nSPS) is 12.6. The fraction of sp³-hybridized carbons (Fsp3) is 0.692. The van der Waals surface area contributed by atoms with Crippen LogP contribution in [0.15, 0.2) is 12.4 Å². The minimum Gasteiger partial charge on any atom is -0.517 e. The molecule has 0 fully saturated rings. The molecule has 0 atom stereocenters. The quantitative estimate of drug-likeness (QED) is 0.703. The Hall–Kier alpha value is -1.52. The van der Waals surface area contributed by atoms with E-state index in [1.807, 2.05) is 63.1 Å². The number of amides is 1. The van der Waals surface area contributed by atoms with Crippen LogP contribution >= 0.6 is 0 Å². The van der Waals surface area contributed by atoms with Crippen LogP contribution in [0.25, 0.3) is 0 Å². The summed E-state index contributed by atoms with van der Waals surface area (Å²) in [4.78, 5) is 12.3. The van der Waals surface area contributed by atoms with Crippen molar-refractivity contribution >= 4 is 12.0 Å². The Bertz CT molecular complexity index is 418. The van der Waals surface area contributed by atoms with Crippen LogP contribution in [0.4, 0.5) is 10.7 Å². The highest BCUT2D eigenvalue weighted by molar-refractivity contribution is 5.80. The number of aromatic nitrogens is 2. The Kier molecular flexibility index (Phi) is 3.47. The topological polar surface area (TPSA) is 52.2 Å². The molecule has 0 saturated heterocycles. The molecule has 0 unspecified atom stereocenters. The van der Waals surface area contributed by atoms with E-state index in [9.17, 15) is 9.90 Å². The first-order valence-electron chi connectivity index (χ1n) is 6.05. The molecular formula is C13H23N3O2. The summed E-state index contributed by atoms with van der Waals surface area (Å²) in [6.07, 6.45) is 2.59. The fourth-order valence-electron chi connectivity index (χ4n) is 1.83. The monoisotopic (exact) mass is 253 g/mol. The average Bonchev–Trinajstić information content (AvgIpc) is 2.58. The van der Waals surface area contributed by atoms with Crippen LogP contribution < -0.4 is 14.6 Å². The summed E-state index contributed by atoms with van der Waals surface area (Å²) in [5, 5.41) is 11.1. The second-order valence-corrected chi connectivity index (χ2v) is 6.50. The first-order valence-corrected chi connectivity index (χ1v) is 6.05. The van der Waals surface area contributed by atoms with Crippen molar-refractivity contribution in [2.24, 2.45) is 0 Å². The zero-order valence-corrected chi connectivity index (χ0v) is 12.3. The van der Waals surface area contributed by atoms with Crippen molar-refractivity contribution in [3.8, 4) is 0 Å².